The van der Waals surface area contributed by atoms with Gasteiger partial charge in [-0.05, 0) is 87.4 Å². The molecule has 1 fully saturated rings. The lowest BCUT2D eigenvalue weighted by Crippen LogP contribution is -2.33. The van der Waals surface area contributed by atoms with Crippen molar-refractivity contribution in [1.82, 2.24) is 10.2 Å². The van der Waals surface area contributed by atoms with Crippen molar-refractivity contribution < 1.29 is 13.2 Å². The minimum Gasteiger partial charge on any atom is -0.352 e. The second kappa shape index (κ2) is 10.3. The average molecular weight is 450 g/mol. The molecule has 1 aliphatic rings. The highest BCUT2D eigenvalue weighted by Crippen LogP contribution is 2.23. The van der Waals surface area contributed by atoms with E-state index in [1.54, 1.807) is 36.4 Å². The van der Waals surface area contributed by atoms with Crippen molar-refractivity contribution in [2.45, 2.75) is 30.6 Å². The molecule has 0 spiro atoms. The molecule has 162 valence electrons. The first-order valence-electron chi connectivity index (χ1n) is 10.2. The van der Waals surface area contributed by atoms with Gasteiger partial charge in [0.25, 0.3) is 15.9 Å². The van der Waals surface area contributed by atoms with Gasteiger partial charge in [0.15, 0.2) is 0 Å². The fourth-order valence-electron chi connectivity index (χ4n) is 3.52. The van der Waals surface area contributed by atoms with Crippen LogP contribution in [0.25, 0.3) is 0 Å². The molecule has 0 aliphatic carbocycles. The molecule has 2 aromatic rings. The van der Waals surface area contributed by atoms with Gasteiger partial charge >= 0.3 is 0 Å². The van der Waals surface area contributed by atoms with Crippen LogP contribution in [0.2, 0.25) is 5.02 Å². The molecular formula is C22H28ClN3O3S. The zero-order chi connectivity index (χ0) is 21.6. The molecule has 0 saturated carbocycles. The Hall–Kier alpha value is -2.09. The van der Waals surface area contributed by atoms with Crippen molar-refractivity contribution in [1.29, 1.82) is 0 Å². The van der Waals surface area contributed by atoms with E-state index in [1.165, 1.54) is 42.7 Å². The normalized spacial score (nSPS) is 15.0. The number of amides is 1. The first-order valence-corrected chi connectivity index (χ1v) is 12.0. The van der Waals surface area contributed by atoms with E-state index in [0.29, 0.717) is 22.8 Å². The molecule has 30 heavy (non-hydrogen) atoms. The van der Waals surface area contributed by atoms with E-state index in [1.807, 2.05) is 0 Å². The average Bonchev–Trinajstić information content (AvgIpc) is 2.77. The fourth-order valence-corrected chi connectivity index (χ4v) is 4.84. The first-order chi connectivity index (χ1) is 14.4. The maximum Gasteiger partial charge on any atom is 0.264 e. The summed E-state index contributed by atoms with van der Waals surface area (Å²) in [6, 6.07) is 12.6. The summed E-state index contributed by atoms with van der Waals surface area (Å²) in [7, 11) is -2.22. The minimum absolute atomic E-state index is 0.150. The number of anilines is 1. The van der Waals surface area contributed by atoms with Crippen LogP contribution in [0.5, 0.6) is 0 Å². The molecule has 1 heterocycles. The van der Waals surface area contributed by atoms with Crippen molar-refractivity contribution in [3.05, 3.63) is 59.1 Å². The maximum absolute atomic E-state index is 12.8. The van der Waals surface area contributed by atoms with Gasteiger partial charge in [-0.1, -0.05) is 18.0 Å². The molecule has 0 unspecified atom stereocenters. The third-order valence-electron chi connectivity index (χ3n) is 5.35. The first kappa shape index (κ1) is 22.6. The SMILES string of the molecule is CN(c1ccc(C(=O)NCCCN2CCCCC2)cc1)S(=O)(=O)c1ccc(Cl)cc1. The van der Waals surface area contributed by atoms with Crippen LogP contribution in [0.15, 0.2) is 53.4 Å². The van der Waals surface area contributed by atoms with Gasteiger partial charge in [0.1, 0.15) is 0 Å². The number of rotatable bonds is 8. The minimum atomic E-state index is -3.70. The number of carbonyl (C=O) groups excluding carboxylic acids is 1. The Morgan fingerprint density at radius 2 is 1.67 bits per heavy atom. The molecule has 0 atom stereocenters. The molecular weight excluding hydrogens is 422 g/mol. The van der Waals surface area contributed by atoms with Gasteiger partial charge in [-0.2, -0.15) is 0 Å². The number of sulfonamides is 1. The Labute approximate surface area is 183 Å². The van der Waals surface area contributed by atoms with Crippen molar-refractivity contribution >= 4 is 33.2 Å². The Bertz CT molecular complexity index is 941. The van der Waals surface area contributed by atoms with E-state index in [9.17, 15) is 13.2 Å². The quantitative estimate of drug-likeness (QED) is 0.623. The van der Waals surface area contributed by atoms with Crippen molar-refractivity contribution in [3.8, 4) is 0 Å². The third-order valence-corrected chi connectivity index (χ3v) is 7.40. The predicted octanol–water partition coefficient (Wildman–Crippen LogP) is 3.77. The summed E-state index contributed by atoms with van der Waals surface area (Å²) in [5.41, 5.74) is 0.987. The summed E-state index contributed by atoms with van der Waals surface area (Å²) < 4.78 is 26.7. The summed E-state index contributed by atoms with van der Waals surface area (Å²) in [5.74, 6) is -0.150. The van der Waals surface area contributed by atoms with Crippen LogP contribution in [-0.2, 0) is 10.0 Å². The number of carbonyl (C=O) groups is 1. The topological polar surface area (TPSA) is 69.7 Å². The highest BCUT2D eigenvalue weighted by Gasteiger charge is 2.21. The zero-order valence-corrected chi connectivity index (χ0v) is 18.8. The van der Waals surface area contributed by atoms with Crippen LogP contribution < -0.4 is 9.62 Å². The molecule has 1 saturated heterocycles. The highest BCUT2D eigenvalue weighted by atomic mass is 35.5. The van der Waals surface area contributed by atoms with Gasteiger partial charge < -0.3 is 10.2 Å². The van der Waals surface area contributed by atoms with Gasteiger partial charge in [0.05, 0.1) is 10.6 Å². The standard InChI is InChI=1S/C22H28ClN3O3S/c1-25(30(28,29)21-12-8-19(23)9-13-21)20-10-6-18(7-11-20)22(27)24-14-5-17-26-15-3-2-4-16-26/h6-13H,2-5,14-17H2,1H3,(H,24,27). The molecule has 6 nitrogen and oxygen atoms in total. The van der Waals surface area contributed by atoms with E-state index in [2.05, 4.69) is 10.2 Å². The molecule has 0 bridgehead atoms. The molecule has 1 N–H and O–H groups in total. The third kappa shape index (κ3) is 5.74. The number of hydrogen-bond acceptors (Lipinski definition) is 4. The molecule has 0 aromatic heterocycles. The Kier molecular flexibility index (Phi) is 7.75. The van der Waals surface area contributed by atoms with E-state index >= 15 is 0 Å². The van der Waals surface area contributed by atoms with Crippen molar-refractivity contribution in [2.75, 3.05) is 37.5 Å². The molecule has 0 radical (unpaired) electrons. The molecule has 2 aromatic carbocycles. The van der Waals surface area contributed by atoms with Crippen LogP contribution in [0.4, 0.5) is 5.69 Å². The van der Waals surface area contributed by atoms with Gasteiger partial charge in [0.2, 0.25) is 0 Å². The summed E-state index contributed by atoms with van der Waals surface area (Å²) in [6.45, 7) is 3.94. The highest BCUT2D eigenvalue weighted by molar-refractivity contribution is 7.92. The Morgan fingerprint density at radius 3 is 2.30 bits per heavy atom. The maximum atomic E-state index is 12.8. The van der Waals surface area contributed by atoms with Gasteiger partial charge in [-0.3, -0.25) is 9.10 Å². The molecule has 3 rings (SSSR count). The second-order valence-electron chi connectivity index (χ2n) is 7.49. The van der Waals surface area contributed by atoms with E-state index < -0.39 is 10.0 Å². The smallest absolute Gasteiger partial charge is 0.264 e. The number of likely N-dealkylation sites (tertiary alicyclic amines) is 1. The van der Waals surface area contributed by atoms with Gasteiger partial charge in [0, 0.05) is 24.2 Å². The van der Waals surface area contributed by atoms with Crippen LogP contribution in [0.3, 0.4) is 0 Å². The van der Waals surface area contributed by atoms with Crippen molar-refractivity contribution in [2.24, 2.45) is 0 Å². The van der Waals surface area contributed by atoms with Crippen LogP contribution in [-0.4, -0.2) is 52.5 Å². The number of nitrogens with zero attached hydrogens (tertiary/aromatic N) is 2. The number of piperidine rings is 1. The van der Waals surface area contributed by atoms with Crippen molar-refractivity contribution in [3.63, 3.8) is 0 Å². The summed E-state index contributed by atoms with van der Waals surface area (Å²) >= 11 is 5.84. The largest absolute Gasteiger partial charge is 0.352 e. The summed E-state index contributed by atoms with van der Waals surface area (Å²) in [5, 5.41) is 3.41. The number of hydrogen-bond donors (Lipinski definition) is 1. The zero-order valence-electron chi connectivity index (χ0n) is 17.2. The van der Waals surface area contributed by atoms with E-state index in [-0.39, 0.29) is 10.8 Å². The second-order valence-corrected chi connectivity index (χ2v) is 9.89. The van der Waals surface area contributed by atoms with Crippen LogP contribution >= 0.6 is 11.6 Å². The molecule has 1 aliphatic heterocycles. The monoisotopic (exact) mass is 449 g/mol. The van der Waals surface area contributed by atoms with E-state index in [4.69, 9.17) is 11.6 Å². The van der Waals surface area contributed by atoms with Crippen LogP contribution in [0, 0.1) is 0 Å². The lowest BCUT2D eigenvalue weighted by molar-refractivity contribution is 0.0951. The number of halogens is 1. The number of benzene rings is 2. The Morgan fingerprint density at radius 1 is 1.03 bits per heavy atom. The lowest BCUT2D eigenvalue weighted by atomic mass is 10.1. The molecule has 1 amide bonds. The van der Waals surface area contributed by atoms with Gasteiger partial charge in [-0.25, -0.2) is 8.42 Å². The lowest BCUT2D eigenvalue weighted by Gasteiger charge is -2.26. The number of nitrogens with one attached hydrogen (secondary N) is 1. The summed E-state index contributed by atoms with van der Waals surface area (Å²) in [6.07, 6.45) is 4.77. The fraction of sp³-hybridized carbons (Fsp3) is 0.409. The Balaban J connectivity index is 1.54. The predicted molar refractivity (Wildman–Crippen MR) is 121 cm³/mol. The molecule has 8 heteroatoms. The van der Waals surface area contributed by atoms with Crippen LogP contribution in [0.1, 0.15) is 36.0 Å². The summed E-state index contributed by atoms with van der Waals surface area (Å²) in [4.78, 5) is 15.0. The van der Waals surface area contributed by atoms with Gasteiger partial charge in [-0.15, -0.1) is 0 Å². The van der Waals surface area contributed by atoms with E-state index in [0.717, 1.165) is 26.1 Å².